The van der Waals surface area contributed by atoms with Crippen LogP contribution in [-0.4, -0.2) is 37.1 Å². The van der Waals surface area contributed by atoms with Crippen LogP contribution < -0.4 is 0 Å². The van der Waals surface area contributed by atoms with E-state index >= 15 is 0 Å². The maximum atomic E-state index is 11.1. The van der Waals surface area contributed by atoms with E-state index in [0.717, 1.165) is 6.54 Å². The van der Waals surface area contributed by atoms with E-state index in [4.69, 9.17) is 4.74 Å². The van der Waals surface area contributed by atoms with E-state index in [0.29, 0.717) is 25.0 Å². The van der Waals surface area contributed by atoms with Crippen LogP contribution in [0.4, 0.5) is 0 Å². The fraction of sp³-hybridized carbons (Fsp3) is 0.909. The third-order valence-corrected chi connectivity index (χ3v) is 2.63. The molecule has 0 aromatic rings. The molecule has 0 radical (unpaired) electrons. The number of hydrogen-bond acceptors (Lipinski definition) is 3. The van der Waals surface area contributed by atoms with E-state index in [1.165, 1.54) is 0 Å². The Morgan fingerprint density at radius 2 is 1.93 bits per heavy atom. The number of carbonyl (C=O) groups excluding carboxylic acids is 1. The predicted octanol–water partition coefficient (Wildman–Crippen LogP) is 1.92. The molecule has 0 aromatic carbocycles. The Morgan fingerprint density at radius 3 is 2.36 bits per heavy atom. The molecule has 0 N–H and O–H groups in total. The lowest BCUT2D eigenvalue weighted by Crippen LogP contribution is -2.34. The van der Waals surface area contributed by atoms with Gasteiger partial charge in [-0.15, -0.1) is 0 Å². The molecule has 0 aliphatic rings. The molecule has 0 amide bonds. The zero-order valence-corrected chi connectivity index (χ0v) is 10.0. The fourth-order valence-corrected chi connectivity index (χ4v) is 1.21. The van der Waals surface area contributed by atoms with Gasteiger partial charge >= 0.3 is 5.97 Å². The van der Waals surface area contributed by atoms with Gasteiger partial charge in [0.1, 0.15) is 0 Å². The van der Waals surface area contributed by atoms with Crippen LogP contribution in [0.15, 0.2) is 0 Å². The van der Waals surface area contributed by atoms with Gasteiger partial charge in [0.05, 0.1) is 13.0 Å². The molecule has 0 aromatic heterocycles. The molecule has 0 fully saturated rings. The summed E-state index contributed by atoms with van der Waals surface area (Å²) >= 11 is 0. The van der Waals surface area contributed by atoms with Gasteiger partial charge < -0.3 is 9.64 Å². The first kappa shape index (κ1) is 13.4. The molecule has 3 heteroatoms. The van der Waals surface area contributed by atoms with Crippen molar-refractivity contribution < 1.29 is 9.53 Å². The Labute approximate surface area is 87.4 Å². The zero-order valence-electron chi connectivity index (χ0n) is 10.0. The summed E-state index contributed by atoms with van der Waals surface area (Å²) in [5.74, 6) is 0.512. The molecule has 1 atom stereocenters. The van der Waals surface area contributed by atoms with Gasteiger partial charge in [0.2, 0.25) is 0 Å². The third kappa shape index (κ3) is 5.22. The van der Waals surface area contributed by atoms with Gasteiger partial charge in [0.15, 0.2) is 0 Å². The lowest BCUT2D eigenvalue weighted by molar-refractivity contribution is -0.143. The van der Waals surface area contributed by atoms with Crippen molar-refractivity contribution in [3.05, 3.63) is 0 Å². The number of ether oxygens (including phenoxy) is 1. The van der Waals surface area contributed by atoms with Crippen LogP contribution in [0, 0.1) is 5.92 Å². The lowest BCUT2D eigenvalue weighted by Gasteiger charge is -2.27. The van der Waals surface area contributed by atoms with E-state index in [9.17, 15) is 4.79 Å². The maximum Gasteiger partial charge on any atom is 0.307 e. The standard InChI is InChI=1S/C11H23NO2/c1-6-14-11(13)7-8-12(5)10(4)9(2)3/h9-10H,6-8H2,1-5H3. The van der Waals surface area contributed by atoms with Gasteiger partial charge in [-0.2, -0.15) is 0 Å². The second-order valence-corrected chi connectivity index (χ2v) is 4.02. The lowest BCUT2D eigenvalue weighted by atomic mass is 10.1. The fourth-order valence-electron chi connectivity index (χ4n) is 1.21. The first-order chi connectivity index (χ1) is 6.49. The predicted molar refractivity (Wildman–Crippen MR) is 58.2 cm³/mol. The molecule has 84 valence electrons. The van der Waals surface area contributed by atoms with E-state index in [2.05, 4.69) is 25.7 Å². The summed E-state index contributed by atoms with van der Waals surface area (Å²) in [7, 11) is 2.05. The van der Waals surface area contributed by atoms with Crippen molar-refractivity contribution in [3.63, 3.8) is 0 Å². The summed E-state index contributed by atoms with van der Waals surface area (Å²) in [6.07, 6.45) is 0.488. The highest BCUT2D eigenvalue weighted by atomic mass is 16.5. The summed E-state index contributed by atoms with van der Waals surface area (Å²) in [5, 5.41) is 0. The van der Waals surface area contributed by atoms with Crippen LogP contribution in [-0.2, 0) is 9.53 Å². The first-order valence-electron chi connectivity index (χ1n) is 5.34. The van der Waals surface area contributed by atoms with Crippen LogP contribution in [0.3, 0.4) is 0 Å². The molecule has 0 aliphatic heterocycles. The van der Waals surface area contributed by atoms with E-state index in [-0.39, 0.29) is 5.97 Å². The highest BCUT2D eigenvalue weighted by molar-refractivity contribution is 5.69. The largest absolute Gasteiger partial charge is 0.466 e. The Bertz CT molecular complexity index is 169. The van der Waals surface area contributed by atoms with Crippen LogP contribution in [0.5, 0.6) is 0 Å². The topological polar surface area (TPSA) is 29.5 Å². The van der Waals surface area contributed by atoms with Gasteiger partial charge in [-0.3, -0.25) is 4.79 Å². The molecule has 3 nitrogen and oxygen atoms in total. The van der Waals surface area contributed by atoms with Gasteiger partial charge in [-0.05, 0) is 26.8 Å². The molecular weight excluding hydrogens is 178 g/mol. The molecule has 0 saturated carbocycles. The van der Waals surface area contributed by atoms with E-state index in [1.807, 2.05) is 14.0 Å². The minimum atomic E-state index is -0.102. The number of carbonyl (C=O) groups is 1. The molecule has 0 aliphatic carbocycles. The Morgan fingerprint density at radius 1 is 1.36 bits per heavy atom. The average molecular weight is 201 g/mol. The van der Waals surface area contributed by atoms with Crippen LogP contribution >= 0.6 is 0 Å². The van der Waals surface area contributed by atoms with Crippen LogP contribution in [0.1, 0.15) is 34.1 Å². The van der Waals surface area contributed by atoms with Gasteiger partial charge in [-0.25, -0.2) is 0 Å². The summed E-state index contributed by atoms with van der Waals surface area (Å²) in [5.41, 5.74) is 0. The van der Waals surface area contributed by atoms with Crippen molar-refractivity contribution in [2.45, 2.75) is 40.2 Å². The van der Waals surface area contributed by atoms with Gasteiger partial charge in [-0.1, -0.05) is 13.8 Å². The minimum absolute atomic E-state index is 0.102. The smallest absolute Gasteiger partial charge is 0.307 e. The second-order valence-electron chi connectivity index (χ2n) is 4.02. The number of rotatable bonds is 6. The Balaban J connectivity index is 3.73. The van der Waals surface area contributed by atoms with Crippen molar-refractivity contribution in [3.8, 4) is 0 Å². The summed E-state index contributed by atoms with van der Waals surface area (Å²) < 4.78 is 4.87. The zero-order chi connectivity index (χ0) is 11.1. The van der Waals surface area contributed by atoms with Crippen molar-refractivity contribution in [2.24, 2.45) is 5.92 Å². The number of nitrogens with zero attached hydrogens (tertiary/aromatic N) is 1. The minimum Gasteiger partial charge on any atom is -0.466 e. The average Bonchev–Trinajstić information content (AvgIpc) is 2.13. The van der Waals surface area contributed by atoms with Crippen molar-refractivity contribution in [1.29, 1.82) is 0 Å². The normalized spacial score (nSPS) is 13.4. The summed E-state index contributed by atoms with van der Waals surface area (Å²) in [4.78, 5) is 13.3. The van der Waals surface area contributed by atoms with Gasteiger partial charge in [0, 0.05) is 12.6 Å². The molecule has 0 saturated heterocycles. The molecule has 14 heavy (non-hydrogen) atoms. The van der Waals surface area contributed by atoms with Crippen LogP contribution in [0.25, 0.3) is 0 Å². The molecule has 0 rings (SSSR count). The molecule has 0 heterocycles. The van der Waals surface area contributed by atoms with Crippen molar-refractivity contribution >= 4 is 5.97 Å². The SMILES string of the molecule is CCOC(=O)CCN(C)C(C)C(C)C. The molecule has 0 bridgehead atoms. The van der Waals surface area contributed by atoms with E-state index < -0.39 is 0 Å². The maximum absolute atomic E-state index is 11.1. The first-order valence-corrected chi connectivity index (χ1v) is 5.34. The summed E-state index contributed by atoms with van der Waals surface area (Å²) in [6.45, 7) is 9.63. The van der Waals surface area contributed by atoms with Crippen molar-refractivity contribution in [1.82, 2.24) is 4.90 Å². The number of esters is 1. The summed E-state index contributed by atoms with van der Waals surface area (Å²) in [6, 6.07) is 0.504. The second kappa shape index (κ2) is 6.82. The highest BCUT2D eigenvalue weighted by Gasteiger charge is 2.14. The molecule has 0 spiro atoms. The molecular formula is C11H23NO2. The highest BCUT2D eigenvalue weighted by Crippen LogP contribution is 2.08. The van der Waals surface area contributed by atoms with Crippen molar-refractivity contribution in [2.75, 3.05) is 20.2 Å². The van der Waals surface area contributed by atoms with E-state index in [1.54, 1.807) is 0 Å². The monoisotopic (exact) mass is 201 g/mol. The third-order valence-electron chi connectivity index (χ3n) is 2.63. The van der Waals surface area contributed by atoms with Crippen LogP contribution in [0.2, 0.25) is 0 Å². The molecule has 1 unspecified atom stereocenters. The Hall–Kier alpha value is -0.570. The van der Waals surface area contributed by atoms with Gasteiger partial charge in [0.25, 0.3) is 0 Å². The number of hydrogen-bond donors (Lipinski definition) is 0. The quantitative estimate of drug-likeness (QED) is 0.615. The Kier molecular flexibility index (Phi) is 6.54.